The summed E-state index contributed by atoms with van der Waals surface area (Å²) in [5.74, 6) is -1.40. The average molecular weight is 401 g/mol. The predicted octanol–water partition coefficient (Wildman–Crippen LogP) is 5.73. The minimum Gasteiger partial charge on any atom is -0.480 e. The van der Waals surface area contributed by atoms with Crippen molar-refractivity contribution in [2.75, 3.05) is 5.73 Å². The molecule has 3 rings (SSSR count). The Kier molecular flexibility index (Phi) is 5.01. The monoisotopic (exact) mass is 400 g/mol. The van der Waals surface area contributed by atoms with E-state index in [0.717, 1.165) is 13.0 Å². The van der Waals surface area contributed by atoms with Gasteiger partial charge in [-0.15, -0.1) is 0 Å². The van der Waals surface area contributed by atoms with Crippen LogP contribution < -0.4 is 15.2 Å². The standard InChI is InChI=1S/C18H13ClF4N2O2/c1-9(18(21,22)23)26-14-8-11(24)7-10-5-6-25-17(15(10)14)27-16-12(19)3-2-4-13(16)20/h2-9H,24H2,1H3/t9-/m0/s1. The van der Waals surface area contributed by atoms with Gasteiger partial charge in [-0.1, -0.05) is 17.7 Å². The number of nitrogens with zero attached hydrogens (tertiary/aromatic N) is 1. The van der Waals surface area contributed by atoms with Crippen LogP contribution in [0.5, 0.6) is 17.4 Å². The number of pyridine rings is 1. The molecule has 9 heteroatoms. The summed E-state index contributed by atoms with van der Waals surface area (Å²) >= 11 is 5.95. The summed E-state index contributed by atoms with van der Waals surface area (Å²) in [5.41, 5.74) is 5.94. The Morgan fingerprint density at radius 2 is 1.93 bits per heavy atom. The number of aromatic nitrogens is 1. The van der Waals surface area contributed by atoms with Crippen molar-refractivity contribution in [2.24, 2.45) is 0 Å². The Balaban J connectivity index is 2.14. The van der Waals surface area contributed by atoms with E-state index in [2.05, 4.69) is 4.98 Å². The van der Waals surface area contributed by atoms with Crippen molar-refractivity contribution in [3.05, 3.63) is 53.4 Å². The molecular formula is C18H13ClF4N2O2. The van der Waals surface area contributed by atoms with E-state index in [1.165, 1.54) is 36.5 Å². The molecule has 0 unspecified atom stereocenters. The van der Waals surface area contributed by atoms with Gasteiger partial charge in [0.1, 0.15) is 5.75 Å². The van der Waals surface area contributed by atoms with Gasteiger partial charge in [-0.25, -0.2) is 9.37 Å². The molecule has 0 radical (unpaired) electrons. The van der Waals surface area contributed by atoms with Crippen LogP contribution in [0.4, 0.5) is 23.2 Å². The number of nitrogens with two attached hydrogens (primary N) is 1. The predicted molar refractivity (Wildman–Crippen MR) is 93.8 cm³/mol. The first-order valence-electron chi connectivity index (χ1n) is 7.70. The van der Waals surface area contributed by atoms with Crippen LogP contribution in [0.1, 0.15) is 6.92 Å². The van der Waals surface area contributed by atoms with E-state index in [-0.39, 0.29) is 33.5 Å². The molecule has 3 aromatic rings. The third-order valence-corrected chi connectivity index (χ3v) is 3.99. The minimum atomic E-state index is -4.59. The summed E-state index contributed by atoms with van der Waals surface area (Å²) < 4.78 is 63.3. The highest BCUT2D eigenvalue weighted by atomic mass is 35.5. The maximum atomic E-state index is 14.0. The lowest BCUT2D eigenvalue weighted by Crippen LogP contribution is -2.31. The fraction of sp³-hybridized carbons (Fsp3) is 0.167. The topological polar surface area (TPSA) is 57.4 Å². The molecule has 2 aromatic carbocycles. The van der Waals surface area contributed by atoms with E-state index in [9.17, 15) is 17.6 Å². The van der Waals surface area contributed by atoms with E-state index in [1.54, 1.807) is 0 Å². The van der Waals surface area contributed by atoms with Crippen molar-refractivity contribution in [1.82, 2.24) is 4.98 Å². The second-order valence-corrected chi connectivity index (χ2v) is 6.09. The third-order valence-electron chi connectivity index (χ3n) is 3.70. The van der Waals surface area contributed by atoms with Gasteiger partial charge >= 0.3 is 6.18 Å². The van der Waals surface area contributed by atoms with Crippen molar-refractivity contribution in [1.29, 1.82) is 0 Å². The van der Waals surface area contributed by atoms with Crippen molar-refractivity contribution < 1.29 is 27.0 Å². The quantitative estimate of drug-likeness (QED) is 0.448. The molecule has 4 nitrogen and oxygen atoms in total. The molecule has 1 atom stereocenters. The largest absolute Gasteiger partial charge is 0.480 e. The van der Waals surface area contributed by atoms with Crippen LogP contribution in [-0.4, -0.2) is 17.3 Å². The third kappa shape index (κ3) is 4.00. The highest BCUT2D eigenvalue weighted by molar-refractivity contribution is 6.32. The zero-order valence-corrected chi connectivity index (χ0v) is 14.6. The Morgan fingerprint density at radius 3 is 2.59 bits per heavy atom. The van der Waals surface area contributed by atoms with Crippen LogP contribution >= 0.6 is 11.6 Å². The molecular weight excluding hydrogens is 388 g/mol. The Hall–Kier alpha value is -2.74. The number of hydrogen-bond acceptors (Lipinski definition) is 4. The number of rotatable bonds is 4. The molecule has 27 heavy (non-hydrogen) atoms. The molecule has 0 amide bonds. The minimum absolute atomic E-state index is 0.0182. The van der Waals surface area contributed by atoms with Crippen molar-refractivity contribution in [3.63, 3.8) is 0 Å². The molecule has 1 aromatic heterocycles. The molecule has 0 spiro atoms. The Morgan fingerprint density at radius 1 is 1.19 bits per heavy atom. The molecule has 1 heterocycles. The normalized spacial score (nSPS) is 12.8. The summed E-state index contributed by atoms with van der Waals surface area (Å²) in [5, 5.41) is 0.509. The van der Waals surface area contributed by atoms with Crippen LogP contribution in [0.2, 0.25) is 5.02 Å². The Labute approximate surface area is 156 Å². The first-order chi connectivity index (χ1) is 12.7. The highest BCUT2D eigenvalue weighted by Crippen LogP contribution is 2.40. The first kappa shape index (κ1) is 19.0. The van der Waals surface area contributed by atoms with Crippen LogP contribution in [0.3, 0.4) is 0 Å². The van der Waals surface area contributed by atoms with Crippen LogP contribution in [0.25, 0.3) is 10.8 Å². The number of halogens is 5. The number of anilines is 1. The average Bonchev–Trinajstić information content (AvgIpc) is 2.57. The van der Waals surface area contributed by atoms with Gasteiger partial charge in [-0.05, 0) is 36.6 Å². The first-order valence-corrected chi connectivity index (χ1v) is 8.08. The lowest BCUT2D eigenvalue weighted by atomic mass is 10.1. The van der Waals surface area contributed by atoms with Crippen LogP contribution in [0, 0.1) is 5.82 Å². The molecule has 2 N–H and O–H groups in total. The van der Waals surface area contributed by atoms with E-state index in [1.807, 2.05) is 0 Å². The fourth-order valence-electron chi connectivity index (χ4n) is 2.37. The summed E-state index contributed by atoms with van der Waals surface area (Å²) in [6.45, 7) is 0.861. The maximum Gasteiger partial charge on any atom is 0.425 e. The Bertz CT molecular complexity index is 975. The molecule has 142 valence electrons. The van der Waals surface area contributed by atoms with Crippen molar-refractivity contribution in [2.45, 2.75) is 19.2 Å². The number of nitrogen functional groups attached to an aromatic ring is 1. The molecule has 0 fully saturated rings. The maximum absolute atomic E-state index is 14.0. The van der Waals surface area contributed by atoms with E-state index >= 15 is 0 Å². The molecule has 0 saturated carbocycles. The molecule has 0 aliphatic carbocycles. The van der Waals surface area contributed by atoms with Gasteiger partial charge < -0.3 is 15.2 Å². The number of benzene rings is 2. The number of ether oxygens (including phenoxy) is 2. The molecule has 0 bridgehead atoms. The fourth-order valence-corrected chi connectivity index (χ4v) is 2.58. The van der Waals surface area contributed by atoms with Gasteiger partial charge in [-0.2, -0.15) is 13.2 Å². The van der Waals surface area contributed by atoms with Crippen LogP contribution in [0.15, 0.2) is 42.6 Å². The van der Waals surface area contributed by atoms with Crippen molar-refractivity contribution in [3.8, 4) is 17.4 Å². The molecule has 0 aliphatic rings. The SMILES string of the molecule is C[C@H](Oc1cc(N)cc2ccnc(Oc3c(F)cccc3Cl)c12)C(F)(F)F. The second-order valence-electron chi connectivity index (χ2n) is 5.69. The van der Waals surface area contributed by atoms with Gasteiger partial charge in [-0.3, -0.25) is 0 Å². The number of para-hydroxylation sites is 1. The number of hydrogen-bond donors (Lipinski definition) is 1. The number of fused-ring (bicyclic) bond motifs is 1. The van der Waals surface area contributed by atoms with Crippen molar-refractivity contribution >= 4 is 28.1 Å². The summed E-state index contributed by atoms with van der Waals surface area (Å²) in [6.07, 6.45) is -5.34. The van der Waals surface area contributed by atoms with Crippen LogP contribution in [-0.2, 0) is 0 Å². The zero-order chi connectivity index (χ0) is 19.8. The summed E-state index contributed by atoms with van der Waals surface area (Å²) in [7, 11) is 0. The lowest BCUT2D eigenvalue weighted by Gasteiger charge is -2.20. The van der Waals surface area contributed by atoms with Gasteiger partial charge in [0.15, 0.2) is 17.7 Å². The van der Waals surface area contributed by atoms with E-state index < -0.39 is 18.1 Å². The van der Waals surface area contributed by atoms with Gasteiger partial charge in [0.25, 0.3) is 0 Å². The van der Waals surface area contributed by atoms with Gasteiger partial charge in [0.2, 0.25) is 5.88 Å². The van der Waals surface area contributed by atoms with Gasteiger partial charge in [0, 0.05) is 18.0 Å². The molecule has 0 saturated heterocycles. The van der Waals surface area contributed by atoms with E-state index in [4.69, 9.17) is 26.8 Å². The van der Waals surface area contributed by atoms with Gasteiger partial charge in [0.05, 0.1) is 10.4 Å². The smallest absolute Gasteiger partial charge is 0.425 e. The molecule has 0 aliphatic heterocycles. The summed E-state index contributed by atoms with van der Waals surface area (Å²) in [4.78, 5) is 3.99. The number of alkyl halides is 3. The summed E-state index contributed by atoms with van der Waals surface area (Å²) in [6, 6.07) is 8.19. The lowest BCUT2D eigenvalue weighted by molar-refractivity contribution is -0.188. The van der Waals surface area contributed by atoms with E-state index in [0.29, 0.717) is 5.39 Å². The second kappa shape index (κ2) is 7.11. The highest BCUT2D eigenvalue weighted by Gasteiger charge is 2.38. The zero-order valence-electron chi connectivity index (χ0n) is 13.8.